The third-order valence-corrected chi connectivity index (χ3v) is 1.15. The van der Waals surface area contributed by atoms with Gasteiger partial charge in [-0.1, -0.05) is 0 Å². The van der Waals surface area contributed by atoms with Crippen molar-refractivity contribution in [3.8, 4) is 0 Å². The van der Waals surface area contributed by atoms with E-state index in [0.29, 0.717) is 12.7 Å². The van der Waals surface area contributed by atoms with Gasteiger partial charge in [-0.2, -0.15) is 8.42 Å². The molecule has 1 aromatic heterocycles. The summed E-state index contributed by atoms with van der Waals surface area (Å²) < 4.78 is 31.0. The van der Waals surface area contributed by atoms with Gasteiger partial charge in [0.25, 0.3) is 10.1 Å². The molecule has 0 atom stereocenters. The lowest BCUT2D eigenvalue weighted by Gasteiger charge is -1.87. The summed E-state index contributed by atoms with van der Waals surface area (Å²) in [6.45, 7) is 2.05. The Balaban J connectivity index is 0.000000292. The van der Waals surface area contributed by atoms with Gasteiger partial charge in [-0.05, 0) is 19.1 Å². The Bertz CT molecular complexity index is 344. The number of hydrogen-bond acceptors (Lipinski definition) is 4. The maximum absolute atomic E-state index is 9.19. The van der Waals surface area contributed by atoms with Crippen LogP contribution in [-0.4, -0.2) is 30.9 Å². The van der Waals surface area contributed by atoms with Crippen LogP contribution < -0.4 is 0 Å². The molecule has 0 unspecified atom stereocenters. The lowest BCUT2D eigenvalue weighted by Crippen LogP contribution is -1.88. The predicted molar refractivity (Wildman–Crippen MR) is 51.7 cm³/mol. The van der Waals surface area contributed by atoms with Crippen LogP contribution in [0.4, 0.5) is 0 Å². The SMILES string of the molecule is CS(=O)(=O)O.Cc1ccc(CCO)o1. The van der Waals surface area contributed by atoms with Gasteiger partial charge in [0.15, 0.2) is 0 Å². The molecule has 2 N–H and O–H groups in total. The fourth-order valence-electron chi connectivity index (χ4n) is 0.730. The standard InChI is InChI=1S/C7H10O2.CH4O3S/c1-6-2-3-7(9-6)4-5-8;1-5(2,3)4/h2-3,8H,4-5H2,1H3;1H3,(H,2,3,4). The molecular weight excluding hydrogens is 208 g/mol. The Hall–Kier alpha value is -0.850. The summed E-state index contributed by atoms with van der Waals surface area (Å²) in [6, 6.07) is 3.77. The van der Waals surface area contributed by atoms with Crippen molar-refractivity contribution in [2.24, 2.45) is 0 Å². The highest BCUT2D eigenvalue weighted by molar-refractivity contribution is 7.85. The largest absolute Gasteiger partial charge is 0.466 e. The Kier molecular flexibility index (Phi) is 5.44. The van der Waals surface area contributed by atoms with E-state index < -0.39 is 10.1 Å². The number of hydrogen-bond donors (Lipinski definition) is 2. The fourth-order valence-corrected chi connectivity index (χ4v) is 0.730. The Labute approximate surface area is 83.1 Å². The summed E-state index contributed by atoms with van der Waals surface area (Å²) >= 11 is 0. The second-order valence-electron chi connectivity index (χ2n) is 2.72. The van der Waals surface area contributed by atoms with E-state index >= 15 is 0 Å². The maximum atomic E-state index is 9.19. The summed E-state index contributed by atoms with van der Waals surface area (Å²) in [5.74, 6) is 1.76. The molecule has 6 heteroatoms. The third kappa shape index (κ3) is 9.24. The first-order valence-electron chi connectivity index (χ1n) is 3.91. The molecule has 0 aliphatic heterocycles. The Morgan fingerprint density at radius 1 is 1.43 bits per heavy atom. The quantitative estimate of drug-likeness (QED) is 0.716. The first kappa shape index (κ1) is 13.2. The lowest BCUT2D eigenvalue weighted by molar-refractivity contribution is 0.287. The van der Waals surface area contributed by atoms with Crippen LogP contribution in [0.15, 0.2) is 16.5 Å². The minimum atomic E-state index is -3.67. The van der Waals surface area contributed by atoms with Crippen LogP contribution >= 0.6 is 0 Å². The normalized spacial score (nSPS) is 10.6. The van der Waals surface area contributed by atoms with E-state index in [0.717, 1.165) is 11.5 Å². The zero-order valence-electron chi connectivity index (χ0n) is 8.10. The summed E-state index contributed by atoms with van der Waals surface area (Å²) in [6.07, 6.45) is 1.33. The molecule has 0 aliphatic rings. The predicted octanol–water partition coefficient (Wildman–Crippen LogP) is 0.627. The van der Waals surface area contributed by atoms with Gasteiger partial charge in [0.05, 0.1) is 12.9 Å². The van der Waals surface area contributed by atoms with Crippen LogP contribution in [0.25, 0.3) is 0 Å². The summed E-state index contributed by atoms with van der Waals surface area (Å²) in [5, 5.41) is 8.47. The van der Waals surface area contributed by atoms with Crippen LogP contribution in [0.3, 0.4) is 0 Å². The molecule has 14 heavy (non-hydrogen) atoms. The van der Waals surface area contributed by atoms with Gasteiger partial charge in [0, 0.05) is 6.42 Å². The topological polar surface area (TPSA) is 87.7 Å². The van der Waals surface area contributed by atoms with Crippen molar-refractivity contribution in [2.75, 3.05) is 12.9 Å². The van der Waals surface area contributed by atoms with Gasteiger partial charge in [0.2, 0.25) is 0 Å². The molecule has 1 rings (SSSR count). The first-order valence-corrected chi connectivity index (χ1v) is 5.76. The molecule has 0 amide bonds. The highest BCUT2D eigenvalue weighted by atomic mass is 32.2. The van der Waals surface area contributed by atoms with Crippen LogP contribution in [0.2, 0.25) is 0 Å². The first-order chi connectivity index (χ1) is 6.33. The van der Waals surface area contributed by atoms with Gasteiger partial charge < -0.3 is 9.52 Å². The molecule has 5 nitrogen and oxygen atoms in total. The van der Waals surface area contributed by atoms with Crippen LogP contribution in [0.5, 0.6) is 0 Å². The molecule has 0 fully saturated rings. The molecule has 0 saturated heterocycles. The molecule has 0 saturated carbocycles. The molecular formula is C8H14O5S. The van der Waals surface area contributed by atoms with Crippen molar-refractivity contribution in [3.05, 3.63) is 23.7 Å². The number of rotatable bonds is 2. The Morgan fingerprint density at radius 2 is 1.93 bits per heavy atom. The van der Waals surface area contributed by atoms with E-state index in [-0.39, 0.29) is 6.61 Å². The Morgan fingerprint density at radius 3 is 2.21 bits per heavy atom. The van der Waals surface area contributed by atoms with Gasteiger partial charge in [-0.3, -0.25) is 4.55 Å². The highest BCUT2D eigenvalue weighted by Gasteiger charge is 1.94. The van der Waals surface area contributed by atoms with Gasteiger partial charge in [-0.15, -0.1) is 0 Å². The monoisotopic (exact) mass is 222 g/mol. The summed E-state index contributed by atoms with van der Waals surface area (Å²) in [7, 11) is -3.67. The molecule has 0 spiro atoms. The van der Waals surface area contributed by atoms with Crippen molar-refractivity contribution in [1.82, 2.24) is 0 Å². The summed E-state index contributed by atoms with van der Waals surface area (Å²) in [4.78, 5) is 0. The fraction of sp³-hybridized carbons (Fsp3) is 0.500. The smallest absolute Gasteiger partial charge is 0.261 e. The molecule has 0 aliphatic carbocycles. The van der Waals surface area contributed by atoms with Gasteiger partial charge >= 0.3 is 0 Å². The van der Waals surface area contributed by atoms with Crippen molar-refractivity contribution in [1.29, 1.82) is 0 Å². The average molecular weight is 222 g/mol. The van der Waals surface area contributed by atoms with Crippen LogP contribution in [0.1, 0.15) is 11.5 Å². The van der Waals surface area contributed by atoms with E-state index in [1.165, 1.54) is 0 Å². The van der Waals surface area contributed by atoms with Gasteiger partial charge in [-0.25, -0.2) is 0 Å². The van der Waals surface area contributed by atoms with Crippen molar-refractivity contribution in [2.45, 2.75) is 13.3 Å². The number of furan rings is 1. The molecule has 1 heterocycles. The lowest BCUT2D eigenvalue weighted by atomic mass is 10.3. The third-order valence-electron chi connectivity index (χ3n) is 1.15. The highest BCUT2D eigenvalue weighted by Crippen LogP contribution is 2.05. The average Bonchev–Trinajstić information content (AvgIpc) is 2.32. The molecule has 0 radical (unpaired) electrons. The second-order valence-corrected chi connectivity index (χ2v) is 4.19. The van der Waals surface area contributed by atoms with E-state index in [4.69, 9.17) is 14.1 Å². The zero-order chi connectivity index (χ0) is 11.2. The number of aryl methyl sites for hydroxylation is 1. The molecule has 0 aromatic carbocycles. The van der Waals surface area contributed by atoms with Crippen LogP contribution in [0, 0.1) is 6.92 Å². The number of aliphatic hydroxyl groups is 1. The van der Waals surface area contributed by atoms with Crippen molar-refractivity contribution >= 4 is 10.1 Å². The van der Waals surface area contributed by atoms with E-state index in [1.807, 2.05) is 19.1 Å². The van der Waals surface area contributed by atoms with E-state index in [1.54, 1.807) is 0 Å². The van der Waals surface area contributed by atoms with E-state index in [9.17, 15) is 8.42 Å². The molecule has 0 bridgehead atoms. The van der Waals surface area contributed by atoms with E-state index in [2.05, 4.69) is 0 Å². The maximum Gasteiger partial charge on any atom is 0.261 e. The number of aliphatic hydroxyl groups excluding tert-OH is 1. The minimum absolute atomic E-state index is 0.160. The van der Waals surface area contributed by atoms with Crippen LogP contribution in [-0.2, 0) is 16.5 Å². The van der Waals surface area contributed by atoms with Crippen molar-refractivity contribution in [3.63, 3.8) is 0 Å². The second kappa shape index (κ2) is 5.79. The zero-order valence-corrected chi connectivity index (χ0v) is 8.91. The molecule has 82 valence electrons. The van der Waals surface area contributed by atoms with Gasteiger partial charge in [0.1, 0.15) is 11.5 Å². The minimum Gasteiger partial charge on any atom is -0.466 e. The summed E-state index contributed by atoms with van der Waals surface area (Å²) in [5.41, 5.74) is 0. The van der Waals surface area contributed by atoms with Crippen molar-refractivity contribution < 1.29 is 22.5 Å². The molecule has 1 aromatic rings.